The minimum Gasteiger partial charge on any atom is -0.478 e. The Morgan fingerprint density at radius 1 is 1.38 bits per heavy atom. The van der Waals surface area contributed by atoms with Crippen LogP contribution >= 0.6 is 11.3 Å². The Kier molecular flexibility index (Phi) is 4.40. The molecule has 0 saturated heterocycles. The molecule has 2 N–H and O–H groups in total. The number of sulfonamides is 1. The molecule has 0 bridgehead atoms. The predicted molar refractivity (Wildman–Crippen MR) is 76.4 cm³/mol. The lowest BCUT2D eigenvalue weighted by molar-refractivity contribution is 0.0696. The standard InChI is InChI=1S/C13H12FNO4S2/c1-8(10-4-5-20-7-10)15-21(18,19)12-3-2-9(13(16)17)6-11(12)14/h2-8,15H,1H3,(H,16,17). The number of carboxylic acid groups (broad SMARTS) is 1. The summed E-state index contributed by atoms with van der Waals surface area (Å²) in [6.45, 7) is 1.64. The number of carboxylic acids is 1. The van der Waals surface area contributed by atoms with E-state index in [1.807, 2.05) is 5.38 Å². The SMILES string of the molecule is CC(NS(=O)(=O)c1ccc(C(=O)O)cc1F)c1ccsc1. The van der Waals surface area contributed by atoms with Gasteiger partial charge in [0.1, 0.15) is 10.7 Å². The largest absolute Gasteiger partial charge is 0.478 e. The van der Waals surface area contributed by atoms with Gasteiger partial charge < -0.3 is 5.11 Å². The van der Waals surface area contributed by atoms with Crippen LogP contribution in [0.25, 0.3) is 0 Å². The molecule has 1 aromatic carbocycles. The van der Waals surface area contributed by atoms with E-state index < -0.39 is 32.7 Å². The van der Waals surface area contributed by atoms with Crippen LogP contribution in [-0.2, 0) is 10.0 Å². The Hall–Kier alpha value is -1.77. The van der Waals surface area contributed by atoms with Gasteiger partial charge in [-0.25, -0.2) is 22.3 Å². The number of carbonyl (C=O) groups is 1. The van der Waals surface area contributed by atoms with E-state index in [0.717, 1.165) is 17.7 Å². The quantitative estimate of drug-likeness (QED) is 0.883. The zero-order valence-electron chi connectivity index (χ0n) is 10.9. The van der Waals surface area contributed by atoms with Gasteiger partial charge in [-0.3, -0.25) is 0 Å². The number of thiophene rings is 1. The van der Waals surface area contributed by atoms with Crippen molar-refractivity contribution < 1.29 is 22.7 Å². The predicted octanol–water partition coefficient (Wildman–Crippen LogP) is 2.62. The van der Waals surface area contributed by atoms with Crippen molar-refractivity contribution in [1.82, 2.24) is 4.72 Å². The Labute approximate surface area is 125 Å². The van der Waals surface area contributed by atoms with Crippen molar-refractivity contribution in [1.29, 1.82) is 0 Å². The van der Waals surface area contributed by atoms with E-state index in [1.54, 1.807) is 18.4 Å². The average Bonchev–Trinajstić information content (AvgIpc) is 2.91. The third kappa shape index (κ3) is 3.46. The first-order chi connectivity index (χ1) is 9.81. The first-order valence-corrected chi connectivity index (χ1v) is 8.31. The second-order valence-corrected chi connectivity index (χ2v) is 6.81. The van der Waals surface area contributed by atoms with Crippen LogP contribution in [0.2, 0.25) is 0 Å². The molecule has 21 heavy (non-hydrogen) atoms. The van der Waals surface area contributed by atoms with Gasteiger partial charge in [0.15, 0.2) is 0 Å². The van der Waals surface area contributed by atoms with Gasteiger partial charge in [0.05, 0.1) is 5.56 Å². The van der Waals surface area contributed by atoms with Crippen LogP contribution in [0.3, 0.4) is 0 Å². The molecular weight excluding hydrogens is 317 g/mol. The summed E-state index contributed by atoms with van der Waals surface area (Å²) in [5.74, 6) is -2.42. The van der Waals surface area contributed by atoms with Crippen LogP contribution in [-0.4, -0.2) is 19.5 Å². The molecule has 5 nitrogen and oxygen atoms in total. The normalized spacial score (nSPS) is 13.0. The van der Waals surface area contributed by atoms with Gasteiger partial charge >= 0.3 is 5.97 Å². The fourth-order valence-electron chi connectivity index (χ4n) is 1.74. The molecule has 0 radical (unpaired) electrons. The highest BCUT2D eigenvalue weighted by Crippen LogP contribution is 2.21. The van der Waals surface area contributed by atoms with Gasteiger partial charge in [0.25, 0.3) is 0 Å². The number of rotatable bonds is 5. The molecule has 2 rings (SSSR count). The summed E-state index contributed by atoms with van der Waals surface area (Å²) in [5.41, 5.74) is 0.462. The van der Waals surface area contributed by atoms with Gasteiger partial charge in [-0.1, -0.05) is 0 Å². The van der Waals surface area contributed by atoms with Crippen LogP contribution in [0, 0.1) is 5.82 Å². The molecule has 0 fully saturated rings. The Bertz CT molecular complexity index is 756. The van der Waals surface area contributed by atoms with E-state index in [-0.39, 0.29) is 5.56 Å². The summed E-state index contributed by atoms with van der Waals surface area (Å²) in [6, 6.07) is 3.93. The van der Waals surface area contributed by atoms with Crippen LogP contribution in [0.4, 0.5) is 4.39 Å². The molecule has 1 aromatic heterocycles. The molecule has 0 aliphatic rings. The lowest BCUT2D eigenvalue weighted by atomic mass is 10.2. The van der Waals surface area contributed by atoms with Crippen molar-refractivity contribution in [2.45, 2.75) is 17.9 Å². The van der Waals surface area contributed by atoms with Gasteiger partial charge in [-0.15, -0.1) is 0 Å². The number of halogens is 1. The van der Waals surface area contributed by atoms with Crippen LogP contribution in [0.1, 0.15) is 28.9 Å². The lowest BCUT2D eigenvalue weighted by Crippen LogP contribution is -2.27. The molecular formula is C13H12FNO4S2. The molecule has 112 valence electrons. The van der Waals surface area contributed by atoms with Crippen molar-refractivity contribution >= 4 is 27.3 Å². The van der Waals surface area contributed by atoms with Crippen LogP contribution in [0.15, 0.2) is 39.9 Å². The molecule has 1 unspecified atom stereocenters. The highest BCUT2D eigenvalue weighted by Gasteiger charge is 2.23. The fourth-order valence-corrected chi connectivity index (χ4v) is 3.78. The third-order valence-corrected chi connectivity index (χ3v) is 5.12. The van der Waals surface area contributed by atoms with Gasteiger partial charge in [-0.05, 0) is 47.5 Å². The number of nitrogens with one attached hydrogen (secondary N) is 1. The Morgan fingerprint density at radius 3 is 2.62 bits per heavy atom. The Balaban J connectivity index is 2.29. The van der Waals surface area contributed by atoms with Crippen molar-refractivity contribution in [3.8, 4) is 0 Å². The molecule has 0 spiro atoms. The molecule has 2 aromatic rings. The smallest absolute Gasteiger partial charge is 0.335 e. The van der Waals surface area contributed by atoms with Gasteiger partial charge in [-0.2, -0.15) is 11.3 Å². The van der Waals surface area contributed by atoms with Crippen LogP contribution < -0.4 is 4.72 Å². The van der Waals surface area contributed by atoms with Crippen molar-refractivity contribution in [2.24, 2.45) is 0 Å². The van der Waals surface area contributed by atoms with Crippen molar-refractivity contribution in [3.63, 3.8) is 0 Å². The highest BCUT2D eigenvalue weighted by molar-refractivity contribution is 7.89. The first-order valence-electron chi connectivity index (χ1n) is 5.88. The zero-order valence-corrected chi connectivity index (χ0v) is 12.5. The van der Waals surface area contributed by atoms with Gasteiger partial charge in [0, 0.05) is 6.04 Å². The molecule has 0 saturated carbocycles. The van der Waals surface area contributed by atoms with E-state index in [9.17, 15) is 17.6 Å². The van der Waals surface area contributed by atoms with Crippen molar-refractivity contribution in [3.05, 3.63) is 52.0 Å². The van der Waals surface area contributed by atoms with E-state index in [2.05, 4.69) is 4.72 Å². The number of aromatic carboxylic acids is 1. The molecule has 0 amide bonds. The summed E-state index contributed by atoms with van der Waals surface area (Å²) < 4.78 is 40.5. The second-order valence-electron chi connectivity index (χ2n) is 4.35. The van der Waals surface area contributed by atoms with E-state index in [0.29, 0.717) is 6.07 Å². The topological polar surface area (TPSA) is 83.5 Å². The summed E-state index contributed by atoms with van der Waals surface area (Å²) in [7, 11) is -4.07. The summed E-state index contributed by atoms with van der Waals surface area (Å²) >= 11 is 1.42. The maximum absolute atomic E-state index is 13.8. The minimum atomic E-state index is -4.07. The van der Waals surface area contributed by atoms with E-state index in [1.165, 1.54) is 11.3 Å². The maximum atomic E-state index is 13.8. The molecule has 1 heterocycles. The monoisotopic (exact) mass is 329 g/mol. The van der Waals surface area contributed by atoms with E-state index in [4.69, 9.17) is 5.11 Å². The molecule has 0 aliphatic carbocycles. The molecule has 1 atom stereocenters. The summed E-state index contributed by atoms with van der Waals surface area (Å²) in [5, 5.41) is 12.3. The maximum Gasteiger partial charge on any atom is 0.335 e. The average molecular weight is 329 g/mol. The Morgan fingerprint density at radius 2 is 2.10 bits per heavy atom. The van der Waals surface area contributed by atoms with Crippen LogP contribution in [0.5, 0.6) is 0 Å². The third-order valence-electron chi connectivity index (χ3n) is 2.84. The molecule has 8 heteroatoms. The second kappa shape index (κ2) is 5.92. The first kappa shape index (κ1) is 15.6. The number of benzene rings is 1. The van der Waals surface area contributed by atoms with E-state index >= 15 is 0 Å². The van der Waals surface area contributed by atoms with Crippen molar-refractivity contribution in [2.75, 3.05) is 0 Å². The molecule has 0 aliphatic heterocycles. The fraction of sp³-hybridized carbons (Fsp3) is 0.154. The summed E-state index contributed by atoms with van der Waals surface area (Å²) in [6.07, 6.45) is 0. The lowest BCUT2D eigenvalue weighted by Gasteiger charge is -2.13. The highest BCUT2D eigenvalue weighted by atomic mass is 32.2. The summed E-state index contributed by atoms with van der Waals surface area (Å²) in [4.78, 5) is 10.1. The van der Waals surface area contributed by atoms with Gasteiger partial charge in [0.2, 0.25) is 10.0 Å². The zero-order chi connectivity index (χ0) is 15.6. The number of hydrogen-bond acceptors (Lipinski definition) is 4. The minimum absolute atomic E-state index is 0.308. The number of hydrogen-bond donors (Lipinski definition) is 2.